The molecule has 2 atom stereocenters. The second kappa shape index (κ2) is 4.94. The van der Waals surface area contributed by atoms with Crippen LogP contribution in [0.4, 0.5) is 4.79 Å². The van der Waals surface area contributed by atoms with E-state index in [1.54, 1.807) is 4.90 Å². The molecule has 0 aromatic carbocycles. The lowest BCUT2D eigenvalue weighted by molar-refractivity contribution is -0.142. The first-order valence-corrected chi connectivity index (χ1v) is 6.37. The number of likely N-dealkylation sites (tertiary alicyclic amines) is 1. The zero-order valence-electron chi connectivity index (χ0n) is 10.2. The highest BCUT2D eigenvalue weighted by molar-refractivity contribution is 5.78. The van der Waals surface area contributed by atoms with E-state index in [2.05, 4.69) is 5.32 Å². The van der Waals surface area contributed by atoms with Crippen molar-refractivity contribution in [3.8, 4) is 0 Å². The molecule has 2 N–H and O–H groups in total. The third-order valence-corrected chi connectivity index (χ3v) is 4.10. The van der Waals surface area contributed by atoms with E-state index < -0.39 is 11.9 Å². The van der Waals surface area contributed by atoms with Crippen LogP contribution in [0.3, 0.4) is 0 Å². The number of rotatable bonds is 3. The van der Waals surface area contributed by atoms with Crippen molar-refractivity contribution < 1.29 is 14.7 Å². The molecule has 0 bridgehead atoms. The Balaban J connectivity index is 1.81. The van der Waals surface area contributed by atoms with E-state index in [4.69, 9.17) is 5.11 Å². The molecule has 2 aliphatic rings. The van der Waals surface area contributed by atoms with Crippen molar-refractivity contribution in [2.45, 2.75) is 38.6 Å². The molecule has 0 spiro atoms. The van der Waals surface area contributed by atoms with Gasteiger partial charge in [-0.3, -0.25) is 4.79 Å². The van der Waals surface area contributed by atoms with Crippen LogP contribution in [0.25, 0.3) is 0 Å². The van der Waals surface area contributed by atoms with Crippen LogP contribution in [0.2, 0.25) is 0 Å². The smallest absolute Gasteiger partial charge is 0.317 e. The summed E-state index contributed by atoms with van der Waals surface area (Å²) in [4.78, 5) is 24.5. The molecule has 1 aliphatic carbocycles. The van der Waals surface area contributed by atoms with Gasteiger partial charge in [0.1, 0.15) is 0 Å². The second-order valence-electron chi connectivity index (χ2n) is 5.15. The van der Waals surface area contributed by atoms with Crippen molar-refractivity contribution in [3.05, 3.63) is 0 Å². The fraction of sp³-hybridized carbons (Fsp3) is 0.833. The first-order valence-electron chi connectivity index (χ1n) is 6.37. The highest BCUT2D eigenvalue weighted by Crippen LogP contribution is 2.26. The van der Waals surface area contributed by atoms with Gasteiger partial charge in [0.25, 0.3) is 0 Å². The summed E-state index contributed by atoms with van der Waals surface area (Å²) in [5, 5.41) is 11.9. The zero-order chi connectivity index (χ0) is 12.4. The maximum absolute atomic E-state index is 11.9. The first-order chi connectivity index (χ1) is 8.09. The summed E-state index contributed by atoms with van der Waals surface area (Å²) in [7, 11) is 0. The largest absolute Gasteiger partial charge is 0.481 e. The molecule has 2 amide bonds. The van der Waals surface area contributed by atoms with E-state index in [-0.39, 0.29) is 12.1 Å². The Bertz CT molecular complexity index is 315. The Morgan fingerprint density at radius 2 is 2.06 bits per heavy atom. The highest BCUT2D eigenvalue weighted by Gasteiger charge is 2.38. The Morgan fingerprint density at radius 3 is 2.53 bits per heavy atom. The molecule has 0 aromatic rings. The molecule has 5 nitrogen and oxygen atoms in total. The standard InChI is InChI=1S/C12H20N2O3/c1-8-10(11(15)16)5-6-14(8)12(17)13-7-9-3-2-4-9/h8-10H,2-7H2,1H3,(H,13,17)(H,15,16). The van der Waals surface area contributed by atoms with Gasteiger partial charge in [-0.1, -0.05) is 6.42 Å². The Hall–Kier alpha value is -1.26. The van der Waals surface area contributed by atoms with Crippen LogP contribution in [-0.2, 0) is 4.79 Å². The molecule has 1 aliphatic heterocycles. The average molecular weight is 240 g/mol. The molecule has 2 unspecified atom stereocenters. The van der Waals surface area contributed by atoms with Gasteiger partial charge in [0.2, 0.25) is 0 Å². The van der Waals surface area contributed by atoms with Gasteiger partial charge in [-0.2, -0.15) is 0 Å². The van der Waals surface area contributed by atoms with Crippen LogP contribution in [0.15, 0.2) is 0 Å². The van der Waals surface area contributed by atoms with Crippen molar-refractivity contribution in [2.75, 3.05) is 13.1 Å². The van der Waals surface area contributed by atoms with E-state index >= 15 is 0 Å². The van der Waals surface area contributed by atoms with Gasteiger partial charge in [0.05, 0.1) is 5.92 Å². The van der Waals surface area contributed by atoms with Crippen LogP contribution in [0.5, 0.6) is 0 Å². The van der Waals surface area contributed by atoms with Crippen molar-refractivity contribution in [1.82, 2.24) is 10.2 Å². The zero-order valence-corrected chi connectivity index (χ0v) is 10.2. The number of nitrogens with one attached hydrogen (secondary N) is 1. The van der Waals surface area contributed by atoms with Gasteiger partial charge in [0.15, 0.2) is 0 Å². The maximum Gasteiger partial charge on any atom is 0.317 e. The van der Waals surface area contributed by atoms with Crippen LogP contribution in [0.1, 0.15) is 32.6 Å². The van der Waals surface area contributed by atoms with E-state index in [1.165, 1.54) is 19.3 Å². The monoisotopic (exact) mass is 240 g/mol. The number of urea groups is 1. The number of nitrogens with zero attached hydrogens (tertiary/aromatic N) is 1. The minimum Gasteiger partial charge on any atom is -0.481 e. The van der Waals surface area contributed by atoms with Crippen molar-refractivity contribution in [3.63, 3.8) is 0 Å². The average Bonchev–Trinajstić information content (AvgIpc) is 2.57. The fourth-order valence-corrected chi connectivity index (χ4v) is 2.59. The molecule has 2 rings (SSSR count). The number of hydrogen-bond donors (Lipinski definition) is 2. The number of carboxylic acids is 1. The van der Waals surface area contributed by atoms with Crippen molar-refractivity contribution in [1.29, 1.82) is 0 Å². The lowest BCUT2D eigenvalue weighted by atomic mass is 9.85. The van der Waals surface area contributed by atoms with E-state index in [0.717, 1.165) is 6.54 Å². The van der Waals surface area contributed by atoms with Crippen LogP contribution >= 0.6 is 0 Å². The number of hydrogen-bond acceptors (Lipinski definition) is 2. The number of carbonyl (C=O) groups is 2. The first kappa shape index (κ1) is 12.2. The van der Waals surface area contributed by atoms with Crippen LogP contribution < -0.4 is 5.32 Å². The predicted octanol–water partition coefficient (Wildman–Crippen LogP) is 1.29. The van der Waals surface area contributed by atoms with Gasteiger partial charge in [0, 0.05) is 19.1 Å². The maximum atomic E-state index is 11.9. The second-order valence-corrected chi connectivity index (χ2v) is 5.15. The number of carboxylic acid groups (broad SMARTS) is 1. The summed E-state index contributed by atoms with van der Waals surface area (Å²) in [5.74, 6) is -0.580. The van der Waals surface area contributed by atoms with E-state index in [9.17, 15) is 9.59 Å². The molecule has 5 heteroatoms. The van der Waals surface area contributed by atoms with E-state index in [1.807, 2.05) is 6.92 Å². The quantitative estimate of drug-likeness (QED) is 0.781. The summed E-state index contributed by atoms with van der Waals surface area (Å²) >= 11 is 0. The lowest BCUT2D eigenvalue weighted by Crippen LogP contribution is -2.45. The van der Waals surface area contributed by atoms with Gasteiger partial charge >= 0.3 is 12.0 Å². The van der Waals surface area contributed by atoms with Gasteiger partial charge in [-0.25, -0.2) is 4.79 Å². The Kier molecular flexibility index (Phi) is 3.54. The van der Waals surface area contributed by atoms with Gasteiger partial charge in [-0.05, 0) is 32.1 Å². The van der Waals surface area contributed by atoms with Crippen molar-refractivity contribution in [2.24, 2.45) is 11.8 Å². The molecular weight excluding hydrogens is 220 g/mol. The molecule has 1 saturated carbocycles. The molecule has 1 heterocycles. The lowest BCUT2D eigenvalue weighted by Gasteiger charge is -2.28. The molecule has 0 radical (unpaired) electrons. The highest BCUT2D eigenvalue weighted by atomic mass is 16.4. The minimum atomic E-state index is -0.799. The van der Waals surface area contributed by atoms with Gasteiger partial charge < -0.3 is 15.3 Å². The Labute approximate surface area is 101 Å². The van der Waals surface area contributed by atoms with Gasteiger partial charge in [-0.15, -0.1) is 0 Å². The van der Waals surface area contributed by atoms with Crippen molar-refractivity contribution >= 4 is 12.0 Å². The third kappa shape index (κ3) is 2.53. The normalized spacial score (nSPS) is 28.9. The van der Waals surface area contributed by atoms with Crippen LogP contribution in [-0.4, -0.2) is 41.1 Å². The third-order valence-electron chi connectivity index (χ3n) is 4.10. The molecule has 2 fully saturated rings. The van der Waals surface area contributed by atoms with Crippen LogP contribution in [0, 0.1) is 11.8 Å². The molecule has 96 valence electrons. The molecule has 1 saturated heterocycles. The summed E-state index contributed by atoms with van der Waals surface area (Å²) in [6.07, 6.45) is 4.23. The number of amides is 2. The summed E-state index contributed by atoms with van der Waals surface area (Å²) < 4.78 is 0. The molecular formula is C12H20N2O3. The Morgan fingerprint density at radius 1 is 1.35 bits per heavy atom. The summed E-state index contributed by atoms with van der Waals surface area (Å²) in [5.41, 5.74) is 0. The van der Waals surface area contributed by atoms with E-state index in [0.29, 0.717) is 18.9 Å². The number of aliphatic carboxylic acids is 1. The topological polar surface area (TPSA) is 69.6 Å². The number of carbonyl (C=O) groups excluding carboxylic acids is 1. The summed E-state index contributed by atoms with van der Waals surface area (Å²) in [6.45, 7) is 3.10. The SMILES string of the molecule is CC1C(C(=O)O)CCN1C(=O)NCC1CCC1. The predicted molar refractivity (Wildman–Crippen MR) is 62.7 cm³/mol. The minimum absolute atomic E-state index is 0.104. The molecule has 17 heavy (non-hydrogen) atoms. The molecule has 0 aromatic heterocycles. The summed E-state index contributed by atoms with van der Waals surface area (Å²) in [6, 6.07) is -0.304. The fourth-order valence-electron chi connectivity index (χ4n) is 2.59.